The van der Waals surface area contributed by atoms with E-state index in [0.29, 0.717) is 25.7 Å². The summed E-state index contributed by atoms with van der Waals surface area (Å²) in [6, 6.07) is -1.14. The summed E-state index contributed by atoms with van der Waals surface area (Å²) >= 11 is 0. The predicted molar refractivity (Wildman–Crippen MR) is 181 cm³/mol. The number of nitrogens with one attached hydrogen (secondary N) is 1. The number of carbonyl (C=O) groups excluding carboxylic acids is 1. The van der Waals surface area contributed by atoms with Crippen LogP contribution in [-0.2, 0) is 14.9 Å². The van der Waals surface area contributed by atoms with Crippen LogP contribution in [0.3, 0.4) is 0 Å². The van der Waals surface area contributed by atoms with Gasteiger partial charge in [-0.25, -0.2) is 0 Å². The van der Waals surface area contributed by atoms with Gasteiger partial charge in [-0.05, 0) is 38.5 Å². The number of amides is 1. The lowest BCUT2D eigenvalue weighted by Crippen LogP contribution is -2.50. The van der Waals surface area contributed by atoms with Gasteiger partial charge in [-0.15, -0.1) is 0 Å². The molecule has 0 rings (SSSR count). The molecule has 4 N–H and O–H groups in total. The number of carbonyl (C=O) groups is 1. The molecule has 0 spiro atoms. The Hall–Kier alpha value is -0.960. The van der Waals surface area contributed by atoms with Crippen molar-refractivity contribution >= 4 is 16.0 Å². The zero-order valence-electron chi connectivity index (χ0n) is 28.0. The molecule has 43 heavy (non-hydrogen) atoms. The monoisotopic (exact) mass is 631 g/mol. The molecular weight excluding hydrogens is 562 g/mol. The van der Waals surface area contributed by atoms with E-state index in [2.05, 4.69) is 31.3 Å². The second kappa shape index (κ2) is 29.7. The van der Waals surface area contributed by atoms with E-state index in [-0.39, 0.29) is 0 Å². The Morgan fingerprint density at radius 3 is 1.40 bits per heavy atom. The second-order valence-electron chi connectivity index (χ2n) is 12.6. The van der Waals surface area contributed by atoms with Gasteiger partial charge in [-0.1, -0.05) is 154 Å². The number of aliphatic hydroxyl groups excluding tert-OH is 2. The number of rotatable bonds is 32. The van der Waals surface area contributed by atoms with Gasteiger partial charge in [0.05, 0.1) is 17.9 Å². The first-order chi connectivity index (χ1) is 20.7. The third-order valence-electron chi connectivity index (χ3n) is 8.33. The number of unbranched alkanes of at least 4 members (excludes halogenated alkanes) is 21. The molecule has 0 aliphatic rings. The highest BCUT2D eigenvalue weighted by molar-refractivity contribution is 7.85. The minimum atomic E-state index is -4.39. The Kier molecular flexibility index (Phi) is 29.1. The summed E-state index contributed by atoms with van der Waals surface area (Å²) in [5, 5.41) is 23.3. The van der Waals surface area contributed by atoms with Gasteiger partial charge in [0.1, 0.15) is 6.10 Å². The lowest BCUT2D eigenvalue weighted by atomic mass is 10.0. The van der Waals surface area contributed by atoms with Gasteiger partial charge in [-0.3, -0.25) is 9.35 Å². The fourth-order valence-corrected chi connectivity index (χ4v) is 6.27. The first-order valence-corrected chi connectivity index (χ1v) is 19.6. The Labute approximate surface area is 265 Å². The molecule has 0 aliphatic heterocycles. The molecule has 0 saturated heterocycles. The molecule has 0 radical (unpaired) electrons. The van der Waals surface area contributed by atoms with Crippen LogP contribution in [0.4, 0.5) is 0 Å². The maximum atomic E-state index is 12.5. The second-order valence-corrected chi connectivity index (χ2v) is 14.1. The lowest BCUT2D eigenvalue weighted by Gasteiger charge is -2.24. The van der Waals surface area contributed by atoms with Gasteiger partial charge in [0, 0.05) is 0 Å². The molecule has 0 bridgehead atoms. The van der Waals surface area contributed by atoms with Crippen LogP contribution in [0.2, 0.25) is 0 Å². The van der Waals surface area contributed by atoms with Crippen LogP contribution in [-0.4, -0.2) is 53.1 Å². The number of hydrogen-bond donors (Lipinski definition) is 4. The molecule has 0 aromatic carbocycles. The Bertz CT molecular complexity index is 757. The van der Waals surface area contributed by atoms with E-state index >= 15 is 0 Å². The molecule has 0 aromatic rings. The van der Waals surface area contributed by atoms with Crippen molar-refractivity contribution in [1.29, 1.82) is 0 Å². The Morgan fingerprint density at radius 2 is 0.977 bits per heavy atom. The van der Waals surface area contributed by atoms with E-state index < -0.39 is 40.0 Å². The highest BCUT2D eigenvalue weighted by Gasteiger charge is 2.28. The fourth-order valence-electron chi connectivity index (χ4n) is 5.51. The summed E-state index contributed by atoms with van der Waals surface area (Å²) in [6.07, 6.45) is 31.0. The number of aliphatic hydroxyl groups is 2. The first kappa shape index (κ1) is 42.0. The average molecular weight is 632 g/mol. The van der Waals surface area contributed by atoms with Crippen molar-refractivity contribution in [3.8, 4) is 0 Å². The third kappa shape index (κ3) is 29.5. The van der Waals surface area contributed by atoms with Crippen molar-refractivity contribution in [3.63, 3.8) is 0 Å². The minimum absolute atomic E-state index is 0.292. The van der Waals surface area contributed by atoms with Gasteiger partial charge in [0.25, 0.3) is 10.1 Å². The third-order valence-corrected chi connectivity index (χ3v) is 9.11. The van der Waals surface area contributed by atoms with Gasteiger partial charge in [0.15, 0.2) is 0 Å². The van der Waals surface area contributed by atoms with Crippen LogP contribution >= 0.6 is 0 Å². The lowest BCUT2D eigenvalue weighted by molar-refractivity contribution is -0.131. The van der Waals surface area contributed by atoms with Gasteiger partial charge in [-0.2, -0.15) is 8.42 Å². The quantitative estimate of drug-likeness (QED) is 0.0334. The molecular formula is C35H69NO6S. The highest BCUT2D eigenvalue weighted by atomic mass is 32.2. The van der Waals surface area contributed by atoms with Gasteiger partial charge >= 0.3 is 0 Å². The Morgan fingerprint density at radius 1 is 0.605 bits per heavy atom. The molecule has 0 aliphatic carbocycles. The molecule has 0 saturated carbocycles. The van der Waals surface area contributed by atoms with Crippen molar-refractivity contribution in [2.24, 2.45) is 0 Å². The van der Waals surface area contributed by atoms with E-state index in [9.17, 15) is 28.0 Å². The summed E-state index contributed by atoms with van der Waals surface area (Å²) in [6.45, 7) is 4.44. The maximum Gasteiger partial charge on any atom is 0.266 e. The van der Waals surface area contributed by atoms with Crippen LogP contribution in [0.5, 0.6) is 0 Å². The minimum Gasteiger partial charge on any atom is -0.391 e. The molecule has 0 aromatic heterocycles. The average Bonchev–Trinajstić information content (AvgIpc) is 2.96. The van der Waals surface area contributed by atoms with Crippen LogP contribution in [0.25, 0.3) is 0 Å². The van der Waals surface area contributed by atoms with E-state index in [4.69, 9.17) is 0 Å². The summed E-state index contributed by atoms with van der Waals surface area (Å²) < 4.78 is 32.3. The molecule has 3 atom stereocenters. The standard InChI is InChI=1S/C35H69NO6S/c1-3-5-7-9-11-13-14-15-16-17-18-19-20-21-22-24-26-28-30-34(38)35(39)36-32(31-43(40,41)42)33(37)29-27-25-23-12-10-8-6-4-2/h17-18,32-34,37-38H,3-16,19-31H2,1-2H3,(H,36,39)(H,40,41,42)/b18-17-. The van der Waals surface area contributed by atoms with E-state index in [0.717, 1.165) is 44.9 Å². The SMILES string of the molecule is CCCCCCCCCC/C=C\CCCCCCCCC(O)C(=O)NC(CS(=O)(=O)O)C(O)CCCCCCCCCC. The highest BCUT2D eigenvalue weighted by Crippen LogP contribution is 2.15. The number of hydrogen-bond acceptors (Lipinski definition) is 5. The molecule has 3 unspecified atom stereocenters. The predicted octanol–water partition coefficient (Wildman–Crippen LogP) is 8.82. The Balaban J connectivity index is 3.98. The maximum absolute atomic E-state index is 12.5. The van der Waals surface area contributed by atoms with Crippen molar-refractivity contribution in [1.82, 2.24) is 5.32 Å². The first-order valence-electron chi connectivity index (χ1n) is 18.0. The normalized spacial score (nSPS) is 14.3. The van der Waals surface area contributed by atoms with Crippen LogP contribution in [0.1, 0.15) is 181 Å². The molecule has 0 fully saturated rings. The van der Waals surface area contributed by atoms with E-state index in [1.54, 1.807) is 0 Å². The zero-order chi connectivity index (χ0) is 32.0. The summed E-state index contributed by atoms with van der Waals surface area (Å²) in [4.78, 5) is 12.5. The van der Waals surface area contributed by atoms with E-state index in [1.807, 2.05) is 0 Å². The van der Waals surface area contributed by atoms with Crippen molar-refractivity contribution in [2.45, 2.75) is 199 Å². The summed E-state index contributed by atoms with van der Waals surface area (Å²) in [5.41, 5.74) is 0. The van der Waals surface area contributed by atoms with Crippen LogP contribution < -0.4 is 5.32 Å². The zero-order valence-corrected chi connectivity index (χ0v) is 28.8. The van der Waals surface area contributed by atoms with Crippen LogP contribution in [0, 0.1) is 0 Å². The van der Waals surface area contributed by atoms with Crippen molar-refractivity contribution < 1.29 is 28.0 Å². The smallest absolute Gasteiger partial charge is 0.266 e. The molecule has 256 valence electrons. The molecule has 8 heteroatoms. The van der Waals surface area contributed by atoms with Gasteiger partial charge < -0.3 is 15.5 Å². The molecule has 1 amide bonds. The largest absolute Gasteiger partial charge is 0.391 e. The summed E-state index contributed by atoms with van der Waals surface area (Å²) in [7, 11) is -4.39. The topological polar surface area (TPSA) is 124 Å². The fraction of sp³-hybridized carbons (Fsp3) is 0.914. The molecule has 0 heterocycles. The molecule has 7 nitrogen and oxygen atoms in total. The van der Waals surface area contributed by atoms with Crippen LogP contribution in [0.15, 0.2) is 12.2 Å². The van der Waals surface area contributed by atoms with E-state index in [1.165, 1.54) is 96.3 Å². The van der Waals surface area contributed by atoms with Crippen molar-refractivity contribution in [3.05, 3.63) is 12.2 Å². The summed E-state index contributed by atoms with van der Waals surface area (Å²) in [5.74, 6) is -1.46. The number of allylic oxidation sites excluding steroid dienone is 2. The van der Waals surface area contributed by atoms with Crippen molar-refractivity contribution in [2.75, 3.05) is 5.75 Å². The van der Waals surface area contributed by atoms with Gasteiger partial charge in [0.2, 0.25) is 5.91 Å².